The van der Waals surface area contributed by atoms with Gasteiger partial charge < -0.3 is 10.4 Å². The van der Waals surface area contributed by atoms with Crippen molar-refractivity contribution in [3.63, 3.8) is 0 Å². The van der Waals surface area contributed by atoms with Gasteiger partial charge in [0.1, 0.15) is 1.41 Å². The Morgan fingerprint density at radius 3 is 3.57 bits per heavy atom. The van der Waals surface area contributed by atoms with Crippen LogP contribution in [0, 0.1) is 0 Å². The molecule has 1 aliphatic heterocycles. The second-order valence-electron chi connectivity index (χ2n) is 1.44. The summed E-state index contributed by atoms with van der Waals surface area (Å²) >= 11 is 0. The largest absolute Gasteiger partial charge is 0.393 e. The summed E-state index contributed by atoms with van der Waals surface area (Å²) in [6.07, 6.45) is -3.60. The number of aliphatic hydroxyl groups excluding tert-OH is 1. The van der Waals surface area contributed by atoms with E-state index in [2.05, 4.69) is 0 Å². The van der Waals surface area contributed by atoms with Gasteiger partial charge in [0.25, 0.3) is 0 Å². The Morgan fingerprint density at radius 1 is 2.00 bits per heavy atom. The monoisotopic (exact) mass is 106 g/mol. The molecule has 1 saturated heterocycles. The van der Waals surface area contributed by atoms with Crippen LogP contribution in [0.4, 0.5) is 0 Å². The highest BCUT2D eigenvalue weighted by atomic mass is 16.3. The summed E-state index contributed by atoms with van der Waals surface area (Å²) in [5.74, 6) is 0. The number of piperidine rings is 1. The van der Waals surface area contributed by atoms with Gasteiger partial charge >= 0.3 is 0 Å². The van der Waals surface area contributed by atoms with Crippen molar-refractivity contribution in [2.45, 2.75) is 18.9 Å². The summed E-state index contributed by atoms with van der Waals surface area (Å²) < 4.78 is 36.1. The summed E-state index contributed by atoms with van der Waals surface area (Å²) in [6.45, 7) is -2.36. The first-order chi connectivity index (χ1) is 5.30. The van der Waals surface area contributed by atoms with Crippen LogP contribution in [-0.4, -0.2) is 24.3 Å². The quantitative estimate of drug-likeness (QED) is 0.445. The lowest BCUT2D eigenvalue weighted by Crippen LogP contribution is -2.30. The highest BCUT2D eigenvalue weighted by Crippen LogP contribution is 1.99. The topological polar surface area (TPSA) is 32.3 Å². The zero-order valence-corrected chi connectivity index (χ0v) is 3.89. The summed E-state index contributed by atoms with van der Waals surface area (Å²) in [6, 6.07) is 0. The standard InChI is InChI=1S/C5H11NO/c7-5-1-3-6-4-2-5/h5-7H,1-4H2/i1D2,3D2/hD. The summed E-state index contributed by atoms with van der Waals surface area (Å²) in [4.78, 5) is 0. The van der Waals surface area contributed by atoms with Crippen LogP contribution in [0.15, 0.2) is 0 Å². The molecule has 0 saturated carbocycles. The number of hydrogen-bond donors (Lipinski definition) is 2. The average Bonchev–Trinajstić information content (AvgIpc) is 1.96. The van der Waals surface area contributed by atoms with Crippen LogP contribution < -0.4 is 5.31 Å². The van der Waals surface area contributed by atoms with Crippen molar-refractivity contribution in [2.75, 3.05) is 13.0 Å². The molecule has 7 heavy (non-hydrogen) atoms. The molecule has 1 rings (SSSR count). The van der Waals surface area contributed by atoms with Gasteiger partial charge in [-0.15, -0.1) is 0 Å². The highest BCUT2D eigenvalue weighted by Gasteiger charge is 2.06. The van der Waals surface area contributed by atoms with E-state index in [0.29, 0.717) is 5.31 Å². The van der Waals surface area contributed by atoms with Crippen LogP contribution in [0.1, 0.15) is 18.3 Å². The zero-order valence-electron chi connectivity index (χ0n) is 8.89. The normalized spacial score (nSPS) is 60.7. The van der Waals surface area contributed by atoms with Crippen molar-refractivity contribution in [3.05, 3.63) is 0 Å². The first-order valence-corrected chi connectivity index (χ1v) is 2.24. The van der Waals surface area contributed by atoms with Crippen molar-refractivity contribution < 1.29 is 12.0 Å². The first-order valence-electron chi connectivity index (χ1n) is 4.69. The van der Waals surface area contributed by atoms with E-state index in [1.807, 2.05) is 0 Å². The van der Waals surface area contributed by atoms with Crippen molar-refractivity contribution >= 4 is 0 Å². The van der Waals surface area contributed by atoms with Crippen LogP contribution in [0.5, 0.6) is 0 Å². The number of aliphatic hydroxyl groups is 1. The molecule has 0 aromatic carbocycles. The molecule has 0 aromatic rings. The first kappa shape index (κ1) is 1.71. The summed E-state index contributed by atoms with van der Waals surface area (Å²) in [7, 11) is 0. The molecule has 0 aliphatic carbocycles. The molecular weight excluding hydrogens is 90.1 g/mol. The van der Waals surface area contributed by atoms with Crippen LogP contribution in [0.2, 0.25) is 1.41 Å². The molecule has 2 nitrogen and oxygen atoms in total. The van der Waals surface area contributed by atoms with Crippen molar-refractivity contribution in [2.24, 2.45) is 0 Å². The maximum absolute atomic E-state index is 9.17. The molecule has 2 N–H and O–H groups in total. The third-order valence-electron chi connectivity index (χ3n) is 0.825. The Labute approximate surface area is 50.6 Å². The molecule has 1 heterocycles. The molecule has 2 heteroatoms. The Hall–Kier alpha value is -0.0800. The molecule has 0 spiro atoms. The second-order valence-corrected chi connectivity index (χ2v) is 1.44. The molecule has 0 radical (unpaired) electrons. The van der Waals surface area contributed by atoms with Crippen LogP contribution in [-0.2, 0) is 0 Å². The van der Waals surface area contributed by atoms with E-state index >= 15 is 0 Å². The average molecular weight is 106 g/mol. The lowest BCUT2D eigenvalue weighted by Gasteiger charge is -2.16. The lowest BCUT2D eigenvalue weighted by molar-refractivity contribution is 0.137. The van der Waals surface area contributed by atoms with E-state index in [4.69, 9.17) is 12.0 Å². The van der Waals surface area contributed by atoms with Crippen molar-refractivity contribution in [3.8, 4) is 0 Å². The van der Waals surface area contributed by atoms with E-state index in [9.17, 15) is 0 Å². The van der Waals surface area contributed by atoms with Gasteiger partial charge in [-0.25, -0.2) is 0 Å². The number of rotatable bonds is 0. The zero-order chi connectivity index (χ0) is 9.57. The minimum absolute atomic E-state index is 0.0493. The van der Waals surface area contributed by atoms with Gasteiger partial charge in [-0.3, -0.25) is 0 Å². The van der Waals surface area contributed by atoms with Gasteiger partial charge in [0.05, 0.1) is 6.10 Å². The Kier molecular flexibility index (Phi) is 0.557. The van der Waals surface area contributed by atoms with Gasteiger partial charge in [-0.2, -0.15) is 0 Å². The second kappa shape index (κ2) is 2.28. The maximum Gasteiger partial charge on any atom is 0.122 e. The van der Waals surface area contributed by atoms with Crippen LogP contribution in [0.25, 0.3) is 0 Å². The van der Waals surface area contributed by atoms with E-state index in [1.165, 1.54) is 0 Å². The van der Waals surface area contributed by atoms with E-state index in [0.717, 1.165) is 0 Å². The third-order valence-corrected chi connectivity index (χ3v) is 0.825. The molecule has 0 amide bonds. The van der Waals surface area contributed by atoms with Gasteiger partial charge in [0, 0.05) is 5.48 Å². The third kappa shape index (κ3) is 1.45. The van der Waals surface area contributed by atoms with E-state index in [-0.39, 0.29) is 13.0 Å². The van der Waals surface area contributed by atoms with Gasteiger partial charge in [-0.1, -0.05) is 0 Å². The predicted octanol–water partition coefficient (Wildman–Crippen LogP) is -0.269. The highest BCUT2D eigenvalue weighted by molar-refractivity contribution is 4.65. The molecule has 1 atom stereocenters. The van der Waals surface area contributed by atoms with Crippen molar-refractivity contribution in [1.82, 2.24) is 5.31 Å². The van der Waals surface area contributed by atoms with Gasteiger partial charge in [-0.05, 0) is 25.8 Å². The Bertz CT molecular complexity index is 165. The molecule has 1 fully saturated rings. The number of nitrogens with one attached hydrogen (secondary N) is 1. The lowest BCUT2D eigenvalue weighted by atomic mass is 10.1. The minimum atomic E-state index is -2.41. The fourth-order valence-corrected chi connectivity index (χ4v) is 0.435. The van der Waals surface area contributed by atoms with Gasteiger partial charge in [0.15, 0.2) is 0 Å². The molecular formula is C5H11NO. The fourth-order valence-electron chi connectivity index (χ4n) is 0.435. The van der Waals surface area contributed by atoms with Crippen LogP contribution >= 0.6 is 0 Å². The molecule has 1 aliphatic rings. The van der Waals surface area contributed by atoms with Crippen molar-refractivity contribution in [1.29, 1.82) is 0 Å². The fraction of sp³-hybridized carbons (Fsp3) is 1.00. The smallest absolute Gasteiger partial charge is 0.122 e. The molecule has 1 unspecified atom stereocenters. The molecule has 0 bridgehead atoms. The van der Waals surface area contributed by atoms with E-state index < -0.39 is 19.0 Å². The minimum Gasteiger partial charge on any atom is -0.393 e. The molecule has 42 valence electrons. The van der Waals surface area contributed by atoms with Gasteiger partial charge in [0.2, 0.25) is 0 Å². The Balaban J connectivity index is 2.92. The maximum atomic E-state index is 9.17. The van der Waals surface area contributed by atoms with E-state index in [1.54, 1.807) is 0 Å². The van der Waals surface area contributed by atoms with Crippen LogP contribution in [0.3, 0.4) is 0 Å². The molecule has 0 aromatic heterocycles. The SMILES string of the molecule is [2H]N1CCC(O)C([2H])([2H])C1([2H])[2H]. The summed E-state index contributed by atoms with van der Waals surface area (Å²) in [5, 5.41) is 9.71. The Morgan fingerprint density at radius 2 is 2.86 bits per heavy atom. The predicted molar refractivity (Wildman–Crippen MR) is 28.1 cm³/mol. The number of hydrogen-bond acceptors (Lipinski definition) is 2. The summed E-state index contributed by atoms with van der Waals surface area (Å²) in [5.41, 5.74) is 0.